The minimum absolute atomic E-state index is 0.237. The van der Waals surface area contributed by atoms with Crippen molar-refractivity contribution in [1.82, 2.24) is 15.0 Å². The third-order valence-electron chi connectivity index (χ3n) is 3.69. The maximum atomic E-state index is 6.07. The van der Waals surface area contributed by atoms with Crippen LogP contribution in [0, 0.1) is 6.92 Å². The van der Waals surface area contributed by atoms with Crippen LogP contribution in [0.1, 0.15) is 18.4 Å². The summed E-state index contributed by atoms with van der Waals surface area (Å²) in [5, 5.41) is 0.237. The van der Waals surface area contributed by atoms with Crippen molar-refractivity contribution >= 4 is 29.2 Å². The average molecular weight is 304 g/mol. The number of aryl methyl sites for hydroxylation is 1. The van der Waals surface area contributed by atoms with Gasteiger partial charge >= 0.3 is 0 Å². The van der Waals surface area contributed by atoms with Crippen LogP contribution in [0.4, 0.5) is 17.6 Å². The number of benzene rings is 1. The summed E-state index contributed by atoms with van der Waals surface area (Å²) >= 11 is 6.07. The molecule has 0 unspecified atom stereocenters. The van der Waals surface area contributed by atoms with Crippen LogP contribution in [-0.2, 0) is 0 Å². The Morgan fingerprint density at radius 1 is 1.05 bits per heavy atom. The van der Waals surface area contributed by atoms with E-state index in [-0.39, 0.29) is 5.28 Å². The van der Waals surface area contributed by atoms with Crippen molar-refractivity contribution in [2.75, 3.05) is 29.9 Å². The van der Waals surface area contributed by atoms with Crippen LogP contribution in [-0.4, -0.2) is 35.1 Å². The molecule has 1 saturated heterocycles. The van der Waals surface area contributed by atoms with E-state index in [2.05, 4.69) is 38.9 Å². The summed E-state index contributed by atoms with van der Waals surface area (Å²) in [6, 6.07) is 8.22. The molecular formula is C15H18ClN5. The van der Waals surface area contributed by atoms with E-state index < -0.39 is 0 Å². The van der Waals surface area contributed by atoms with Gasteiger partial charge in [0, 0.05) is 25.8 Å². The molecule has 0 N–H and O–H groups in total. The lowest BCUT2D eigenvalue weighted by Gasteiger charge is -2.20. The van der Waals surface area contributed by atoms with Crippen LogP contribution in [0.25, 0.3) is 0 Å². The number of nitrogens with zero attached hydrogens (tertiary/aromatic N) is 5. The third kappa shape index (κ3) is 3.08. The van der Waals surface area contributed by atoms with Gasteiger partial charge in [-0.1, -0.05) is 17.7 Å². The molecule has 6 heteroatoms. The van der Waals surface area contributed by atoms with E-state index in [9.17, 15) is 0 Å². The Morgan fingerprint density at radius 2 is 1.71 bits per heavy atom. The zero-order chi connectivity index (χ0) is 14.8. The van der Waals surface area contributed by atoms with E-state index in [4.69, 9.17) is 11.6 Å². The Balaban J connectivity index is 1.91. The lowest BCUT2D eigenvalue weighted by molar-refractivity contribution is 0.870. The highest BCUT2D eigenvalue weighted by Crippen LogP contribution is 2.24. The quantitative estimate of drug-likeness (QED) is 0.871. The fourth-order valence-corrected chi connectivity index (χ4v) is 2.57. The van der Waals surface area contributed by atoms with Crippen LogP contribution in [0.15, 0.2) is 24.3 Å². The lowest BCUT2D eigenvalue weighted by Crippen LogP contribution is -2.23. The molecule has 0 spiro atoms. The fraction of sp³-hybridized carbons (Fsp3) is 0.400. The summed E-state index contributed by atoms with van der Waals surface area (Å²) in [6.07, 6.45) is 2.35. The summed E-state index contributed by atoms with van der Waals surface area (Å²) in [5.74, 6) is 1.24. The second kappa shape index (κ2) is 5.85. The van der Waals surface area contributed by atoms with E-state index in [0.717, 1.165) is 18.8 Å². The van der Waals surface area contributed by atoms with Crippen LogP contribution in [0.5, 0.6) is 0 Å². The maximum absolute atomic E-state index is 6.07. The first kappa shape index (κ1) is 14.1. The molecule has 0 aliphatic carbocycles. The Kier molecular flexibility index (Phi) is 3.92. The van der Waals surface area contributed by atoms with Crippen LogP contribution in [0.3, 0.4) is 0 Å². The normalized spacial score (nSPS) is 14.5. The number of hydrogen-bond acceptors (Lipinski definition) is 5. The average Bonchev–Trinajstić information content (AvgIpc) is 3.01. The smallest absolute Gasteiger partial charge is 0.235 e. The summed E-state index contributed by atoms with van der Waals surface area (Å²) < 4.78 is 0. The maximum Gasteiger partial charge on any atom is 0.235 e. The van der Waals surface area contributed by atoms with Crippen molar-refractivity contribution < 1.29 is 0 Å². The van der Waals surface area contributed by atoms with Crippen LogP contribution in [0.2, 0.25) is 5.28 Å². The molecule has 0 bridgehead atoms. The van der Waals surface area contributed by atoms with Gasteiger partial charge in [-0.3, -0.25) is 0 Å². The first-order chi connectivity index (χ1) is 10.1. The van der Waals surface area contributed by atoms with Crippen molar-refractivity contribution in [2.45, 2.75) is 19.8 Å². The SMILES string of the molecule is Cc1ccc(N(C)c2nc(Cl)nc(N3CCCC3)n2)cc1. The minimum atomic E-state index is 0.237. The topological polar surface area (TPSA) is 45.2 Å². The number of rotatable bonds is 3. The molecule has 110 valence electrons. The predicted molar refractivity (Wildman–Crippen MR) is 85.5 cm³/mol. The van der Waals surface area contributed by atoms with Crippen molar-refractivity contribution in [3.8, 4) is 0 Å². The molecule has 2 aromatic rings. The zero-order valence-corrected chi connectivity index (χ0v) is 13.0. The number of anilines is 3. The molecule has 21 heavy (non-hydrogen) atoms. The highest BCUT2D eigenvalue weighted by atomic mass is 35.5. The molecule has 0 amide bonds. The van der Waals surface area contributed by atoms with E-state index in [1.54, 1.807) is 0 Å². The van der Waals surface area contributed by atoms with Gasteiger partial charge in [0.15, 0.2) is 0 Å². The Bertz CT molecular complexity index is 622. The summed E-state index contributed by atoms with van der Waals surface area (Å²) in [7, 11) is 1.93. The van der Waals surface area contributed by atoms with Gasteiger partial charge in [-0.25, -0.2) is 0 Å². The largest absolute Gasteiger partial charge is 0.341 e. The number of hydrogen-bond donors (Lipinski definition) is 0. The van der Waals surface area contributed by atoms with E-state index in [1.165, 1.54) is 18.4 Å². The van der Waals surface area contributed by atoms with Gasteiger partial charge in [0.1, 0.15) is 0 Å². The predicted octanol–water partition coefficient (Wildman–Crippen LogP) is 3.20. The van der Waals surface area contributed by atoms with Gasteiger partial charge in [0.2, 0.25) is 17.2 Å². The van der Waals surface area contributed by atoms with Crippen molar-refractivity contribution in [3.63, 3.8) is 0 Å². The highest BCUT2D eigenvalue weighted by molar-refractivity contribution is 6.28. The second-order valence-electron chi connectivity index (χ2n) is 5.29. The molecule has 2 heterocycles. The number of aromatic nitrogens is 3. The Labute approximate surface area is 129 Å². The van der Waals surface area contributed by atoms with Crippen molar-refractivity contribution in [1.29, 1.82) is 0 Å². The minimum Gasteiger partial charge on any atom is -0.341 e. The molecular weight excluding hydrogens is 286 g/mol. The zero-order valence-electron chi connectivity index (χ0n) is 12.3. The van der Waals surface area contributed by atoms with Crippen LogP contribution >= 0.6 is 11.6 Å². The van der Waals surface area contributed by atoms with E-state index >= 15 is 0 Å². The molecule has 1 aliphatic heterocycles. The molecule has 1 fully saturated rings. The molecule has 0 saturated carbocycles. The molecule has 1 aliphatic rings. The monoisotopic (exact) mass is 303 g/mol. The van der Waals surface area contributed by atoms with Gasteiger partial charge in [0.25, 0.3) is 0 Å². The first-order valence-corrected chi connectivity index (χ1v) is 7.48. The van der Waals surface area contributed by atoms with Gasteiger partial charge in [-0.15, -0.1) is 0 Å². The third-order valence-corrected chi connectivity index (χ3v) is 3.86. The van der Waals surface area contributed by atoms with Crippen LogP contribution < -0.4 is 9.80 Å². The fourth-order valence-electron chi connectivity index (χ4n) is 2.42. The Morgan fingerprint density at radius 3 is 2.38 bits per heavy atom. The highest BCUT2D eigenvalue weighted by Gasteiger charge is 2.18. The Hall–Kier alpha value is -1.88. The van der Waals surface area contributed by atoms with Gasteiger partial charge in [-0.05, 0) is 43.5 Å². The van der Waals surface area contributed by atoms with Crippen molar-refractivity contribution in [3.05, 3.63) is 35.1 Å². The summed E-state index contributed by atoms with van der Waals surface area (Å²) in [5.41, 5.74) is 2.24. The van der Waals surface area contributed by atoms with Gasteiger partial charge in [0.05, 0.1) is 0 Å². The number of halogens is 1. The molecule has 0 radical (unpaired) electrons. The van der Waals surface area contributed by atoms with Gasteiger partial charge < -0.3 is 9.80 Å². The van der Waals surface area contributed by atoms with Gasteiger partial charge in [-0.2, -0.15) is 15.0 Å². The first-order valence-electron chi connectivity index (χ1n) is 7.10. The molecule has 3 rings (SSSR count). The standard InChI is InChI=1S/C15H18ClN5/c1-11-5-7-12(8-6-11)20(2)14-17-13(16)18-15(19-14)21-9-3-4-10-21/h5-8H,3-4,9-10H2,1-2H3. The van der Waals surface area contributed by atoms with E-state index in [0.29, 0.717) is 11.9 Å². The summed E-state index contributed by atoms with van der Waals surface area (Å²) in [6.45, 7) is 4.02. The van der Waals surface area contributed by atoms with E-state index in [1.807, 2.05) is 24.1 Å². The molecule has 1 aromatic carbocycles. The molecule has 1 aromatic heterocycles. The summed E-state index contributed by atoms with van der Waals surface area (Å²) in [4.78, 5) is 17.1. The molecule has 0 atom stereocenters. The van der Waals surface area contributed by atoms with Crippen molar-refractivity contribution in [2.24, 2.45) is 0 Å². The lowest BCUT2D eigenvalue weighted by atomic mass is 10.2. The molecule has 5 nitrogen and oxygen atoms in total. The second-order valence-corrected chi connectivity index (χ2v) is 5.63.